The molecule has 0 bridgehead atoms. The Morgan fingerprint density at radius 3 is 2.46 bits per heavy atom. The standard InChI is InChI=1S/C21H15F2N3O2/c1-28-15-6-2-12(3-7-15)13-4-8-17-19(10-13)25-26-20(17)24-21(27)16-9-5-14(22)11-18(16)23/h2-11H,1H3,(H2,24,25,26,27). The predicted molar refractivity (Wildman–Crippen MR) is 102 cm³/mol. The van der Waals surface area contributed by atoms with Gasteiger partial charge in [-0.1, -0.05) is 18.2 Å². The van der Waals surface area contributed by atoms with Crippen molar-refractivity contribution >= 4 is 22.6 Å². The monoisotopic (exact) mass is 379 g/mol. The molecule has 1 aromatic heterocycles. The Hall–Kier alpha value is -3.74. The number of halogens is 2. The van der Waals surface area contributed by atoms with Gasteiger partial charge in [0, 0.05) is 11.5 Å². The summed E-state index contributed by atoms with van der Waals surface area (Å²) in [5.41, 5.74) is 2.41. The quantitative estimate of drug-likeness (QED) is 0.537. The Balaban J connectivity index is 1.61. The topological polar surface area (TPSA) is 67.0 Å². The van der Waals surface area contributed by atoms with Crippen LogP contribution in [0.25, 0.3) is 22.0 Å². The first kappa shape index (κ1) is 17.7. The molecule has 7 heteroatoms. The average Bonchev–Trinajstić information content (AvgIpc) is 3.10. The van der Waals surface area contributed by atoms with Crippen LogP contribution in [0.3, 0.4) is 0 Å². The van der Waals surface area contributed by atoms with Gasteiger partial charge in [-0.05, 0) is 47.5 Å². The van der Waals surface area contributed by atoms with E-state index in [1.54, 1.807) is 7.11 Å². The summed E-state index contributed by atoms with van der Waals surface area (Å²) in [4.78, 5) is 12.3. The maximum absolute atomic E-state index is 13.8. The number of fused-ring (bicyclic) bond motifs is 1. The van der Waals surface area contributed by atoms with E-state index in [2.05, 4.69) is 15.5 Å². The zero-order valence-electron chi connectivity index (χ0n) is 14.8. The number of aromatic amines is 1. The Kier molecular flexibility index (Phi) is 4.49. The first-order chi connectivity index (χ1) is 13.5. The number of hydrogen-bond acceptors (Lipinski definition) is 3. The number of carbonyl (C=O) groups excluding carboxylic acids is 1. The van der Waals surface area contributed by atoms with E-state index in [1.807, 2.05) is 42.5 Å². The van der Waals surface area contributed by atoms with E-state index >= 15 is 0 Å². The lowest BCUT2D eigenvalue weighted by Gasteiger charge is -2.05. The minimum atomic E-state index is -0.931. The molecule has 4 rings (SSSR count). The molecular weight excluding hydrogens is 364 g/mol. The smallest absolute Gasteiger partial charge is 0.259 e. The second-order valence-corrected chi connectivity index (χ2v) is 6.14. The van der Waals surface area contributed by atoms with Crippen molar-refractivity contribution in [2.24, 2.45) is 0 Å². The molecule has 0 aliphatic heterocycles. The summed E-state index contributed by atoms with van der Waals surface area (Å²) in [6, 6.07) is 16.0. The number of rotatable bonds is 4. The normalized spacial score (nSPS) is 10.8. The van der Waals surface area contributed by atoms with Crippen LogP contribution in [-0.2, 0) is 0 Å². The molecule has 140 valence electrons. The number of amides is 1. The van der Waals surface area contributed by atoms with Gasteiger partial charge in [-0.2, -0.15) is 5.10 Å². The highest BCUT2D eigenvalue weighted by Crippen LogP contribution is 2.28. The molecule has 0 aliphatic rings. The fourth-order valence-corrected chi connectivity index (χ4v) is 2.93. The van der Waals surface area contributed by atoms with Crippen LogP contribution >= 0.6 is 0 Å². The first-order valence-corrected chi connectivity index (χ1v) is 8.44. The zero-order valence-corrected chi connectivity index (χ0v) is 14.8. The Bertz CT molecular complexity index is 1170. The van der Waals surface area contributed by atoms with Crippen LogP contribution < -0.4 is 10.1 Å². The number of carbonyl (C=O) groups is 1. The van der Waals surface area contributed by atoms with Crippen LogP contribution in [0, 0.1) is 11.6 Å². The van der Waals surface area contributed by atoms with Gasteiger partial charge in [-0.3, -0.25) is 9.89 Å². The molecule has 0 fully saturated rings. The second kappa shape index (κ2) is 7.11. The Morgan fingerprint density at radius 2 is 1.75 bits per heavy atom. The maximum Gasteiger partial charge on any atom is 0.259 e. The molecule has 1 heterocycles. The van der Waals surface area contributed by atoms with Crippen molar-refractivity contribution in [3.05, 3.63) is 77.9 Å². The van der Waals surface area contributed by atoms with E-state index in [1.165, 1.54) is 0 Å². The van der Waals surface area contributed by atoms with Gasteiger partial charge in [0.2, 0.25) is 0 Å². The lowest BCUT2D eigenvalue weighted by atomic mass is 10.0. The first-order valence-electron chi connectivity index (χ1n) is 8.44. The van der Waals surface area contributed by atoms with Crippen LogP contribution in [0.15, 0.2) is 60.7 Å². The van der Waals surface area contributed by atoms with Crippen molar-refractivity contribution in [2.45, 2.75) is 0 Å². The summed E-state index contributed by atoms with van der Waals surface area (Å²) >= 11 is 0. The van der Waals surface area contributed by atoms with Crippen molar-refractivity contribution in [1.82, 2.24) is 10.2 Å². The van der Waals surface area contributed by atoms with E-state index < -0.39 is 17.5 Å². The van der Waals surface area contributed by atoms with Gasteiger partial charge in [-0.25, -0.2) is 8.78 Å². The summed E-state index contributed by atoms with van der Waals surface area (Å²) in [6.07, 6.45) is 0. The number of aromatic nitrogens is 2. The Labute approximate surface area is 159 Å². The number of methoxy groups -OCH3 is 1. The largest absolute Gasteiger partial charge is 0.497 e. The number of ether oxygens (including phenoxy) is 1. The van der Waals surface area contributed by atoms with Crippen LogP contribution in [-0.4, -0.2) is 23.2 Å². The third-order valence-corrected chi connectivity index (χ3v) is 4.39. The highest BCUT2D eigenvalue weighted by atomic mass is 19.1. The molecule has 0 aliphatic carbocycles. The van der Waals surface area contributed by atoms with Crippen molar-refractivity contribution in [3.63, 3.8) is 0 Å². The summed E-state index contributed by atoms with van der Waals surface area (Å²) in [5.74, 6) is -1.34. The number of H-pyrrole nitrogens is 1. The number of benzene rings is 3. The fourth-order valence-electron chi connectivity index (χ4n) is 2.93. The molecule has 1 amide bonds. The lowest BCUT2D eigenvalue weighted by Crippen LogP contribution is -2.14. The molecule has 3 aromatic carbocycles. The summed E-state index contributed by atoms with van der Waals surface area (Å²) in [5, 5.41) is 10.2. The van der Waals surface area contributed by atoms with E-state index in [0.717, 1.165) is 29.0 Å². The third-order valence-electron chi connectivity index (χ3n) is 4.39. The van der Waals surface area contributed by atoms with Crippen molar-refractivity contribution in [1.29, 1.82) is 0 Å². The van der Waals surface area contributed by atoms with Gasteiger partial charge in [0.25, 0.3) is 5.91 Å². The van der Waals surface area contributed by atoms with Crippen LogP contribution in [0.2, 0.25) is 0 Å². The van der Waals surface area contributed by atoms with Gasteiger partial charge in [0.1, 0.15) is 17.4 Å². The van der Waals surface area contributed by atoms with Gasteiger partial charge in [0.05, 0.1) is 18.2 Å². The number of hydrogen-bond donors (Lipinski definition) is 2. The zero-order chi connectivity index (χ0) is 19.7. The highest BCUT2D eigenvalue weighted by molar-refractivity contribution is 6.08. The average molecular weight is 379 g/mol. The number of nitrogens with zero attached hydrogens (tertiary/aromatic N) is 1. The molecule has 5 nitrogen and oxygen atoms in total. The van der Waals surface area contributed by atoms with E-state index in [4.69, 9.17) is 4.74 Å². The summed E-state index contributed by atoms with van der Waals surface area (Å²) < 4.78 is 32.0. The molecule has 0 saturated heterocycles. The van der Waals surface area contributed by atoms with Crippen molar-refractivity contribution in [3.8, 4) is 16.9 Å². The van der Waals surface area contributed by atoms with E-state index in [0.29, 0.717) is 17.0 Å². The van der Waals surface area contributed by atoms with Crippen molar-refractivity contribution < 1.29 is 18.3 Å². The molecule has 0 spiro atoms. The van der Waals surface area contributed by atoms with Gasteiger partial charge in [0.15, 0.2) is 5.82 Å². The molecule has 0 atom stereocenters. The van der Waals surface area contributed by atoms with Crippen LogP contribution in [0.5, 0.6) is 5.75 Å². The summed E-state index contributed by atoms with van der Waals surface area (Å²) in [7, 11) is 1.61. The van der Waals surface area contributed by atoms with Gasteiger partial charge in [-0.15, -0.1) is 0 Å². The second-order valence-electron chi connectivity index (χ2n) is 6.14. The minimum Gasteiger partial charge on any atom is -0.497 e. The molecule has 0 radical (unpaired) electrons. The molecule has 4 aromatic rings. The number of nitrogens with one attached hydrogen (secondary N) is 2. The highest BCUT2D eigenvalue weighted by Gasteiger charge is 2.16. The molecule has 0 saturated carbocycles. The summed E-state index contributed by atoms with van der Waals surface area (Å²) in [6.45, 7) is 0. The van der Waals surface area contributed by atoms with Gasteiger partial charge >= 0.3 is 0 Å². The fraction of sp³-hybridized carbons (Fsp3) is 0.0476. The molecule has 2 N–H and O–H groups in total. The van der Waals surface area contributed by atoms with E-state index in [-0.39, 0.29) is 11.4 Å². The van der Waals surface area contributed by atoms with Crippen LogP contribution in [0.1, 0.15) is 10.4 Å². The number of anilines is 1. The predicted octanol–water partition coefficient (Wildman–Crippen LogP) is 4.77. The molecular formula is C21H15F2N3O2. The molecule has 28 heavy (non-hydrogen) atoms. The van der Waals surface area contributed by atoms with Crippen molar-refractivity contribution in [2.75, 3.05) is 12.4 Å². The Morgan fingerprint density at radius 1 is 1.00 bits per heavy atom. The minimum absolute atomic E-state index is 0.257. The molecule has 0 unspecified atom stereocenters. The van der Waals surface area contributed by atoms with Crippen LogP contribution in [0.4, 0.5) is 14.6 Å². The SMILES string of the molecule is COc1ccc(-c2ccc3c(NC(=O)c4ccc(F)cc4F)n[nH]c3c2)cc1. The third kappa shape index (κ3) is 3.29. The van der Waals surface area contributed by atoms with Gasteiger partial charge < -0.3 is 10.1 Å². The maximum atomic E-state index is 13.8. The van der Waals surface area contributed by atoms with E-state index in [9.17, 15) is 13.6 Å². The lowest BCUT2D eigenvalue weighted by molar-refractivity contribution is 0.102.